The Bertz CT molecular complexity index is 1930. The molecule has 2 bridgehead atoms. The average molecular weight is 794 g/mol. The number of guanidine groups is 1. The minimum absolute atomic E-state index is 0.0747. The topological polar surface area (TPSA) is 113 Å². The van der Waals surface area contributed by atoms with Crippen LogP contribution in [0.15, 0.2) is 71.7 Å². The zero-order valence-corrected chi connectivity index (χ0v) is 36.6. The lowest BCUT2D eigenvalue weighted by Crippen LogP contribution is -2.62. The predicted octanol–water partition coefficient (Wildman–Crippen LogP) is 5.85. The van der Waals surface area contributed by atoms with E-state index in [9.17, 15) is 14.7 Å². The summed E-state index contributed by atoms with van der Waals surface area (Å²) in [7, 11) is 11.8. The molecule has 1 saturated heterocycles. The quantitative estimate of drug-likeness (QED) is 0.146. The van der Waals surface area contributed by atoms with E-state index in [1.54, 1.807) is 12.0 Å². The van der Waals surface area contributed by atoms with Crippen LogP contribution in [0.2, 0.25) is 0 Å². The number of carbonyl (C=O) groups excluding carboxylic acids is 2. The first-order valence-corrected chi connectivity index (χ1v) is 21.0. The molecule has 0 aromatic heterocycles. The van der Waals surface area contributed by atoms with Crippen molar-refractivity contribution in [2.24, 2.45) is 34.1 Å². The summed E-state index contributed by atoms with van der Waals surface area (Å²) in [6.07, 6.45) is 1.60. The Morgan fingerprint density at radius 3 is 2.31 bits per heavy atom. The number of rotatable bonds is 13. The fourth-order valence-corrected chi connectivity index (χ4v) is 9.90. The van der Waals surface area contributed by atoms with E-state index in [2.05, 4.69) is 68.7 Å². The van der Waals surface area contributed by atoms with Gasteiger partial charge in [0.2, 0.25) is 5.91 Å². The summed E-state index contributed by atoms with van der Waals surface area (Å²) < 4.78 is 0. The summed E-state index contributed by atoms with van der Waals surface area (Å²) in [6.45, 7) is 12.0. The number of benzene rings is 3. The van der Waals surface area contributed by atoms with Crippen molar-refractivity contribution in [2.45, 2.75) is 84.7 Å². The van der Waals surface area contributed by atoms with Gasteiger partial charge in [-0.05, 0) is 102 Å². The second-order valence-corrected chi connectivity index (χ2v) is 18.2. The standard InChI is InChI=1S/C47H67N7O4/c1-29-33(18-15-19-38(29)34-22-35(24-37(23-34)51(6)7)44(56)48-21-20-32-16-13-12-14-17-32)28-54-43(45(57)50-40-26-36-25-39(30(40)2)47(36,4)5)42(31(3)55)41(58-54)27-49-46(52(8)9)53(10)11/h12-19,22-24,30-31,36,39-43,55H,20-21,25-28H2,1-11H3,(H,48,56)(H,50,57)/t30-,31-,36-,39+,40-,41-,42+,43-/m0/s1. The van der Waals surface area contributed by atoms with Crippen molar-refractivity contribution in [3.63, 3.8) is 0 Å². The third kappa shape index (κ3) is 9.06. The second kappa shape index (κ2) is 17.8. The van der Waals surface area contributed by atoms with E-state index < -0.39 is 24.2 Å². The van der Waals surface area contributed by atoms with E-state index in [0.29, 0.717) is 41.8 Å². The van der Waals surface area contributed by atoms with Gasteiger partial charge in [0.05, 0.1) is 19.2 Å². The van der Waals surface area contributed by atoms with E-state index in [-0.39, 0.29) is 24.4 Å². The summed E-state index contributed by atoms with van der Waals surface area (Å²) in [6, 6.07) is 21.7. The van der Waals surface area contributed by atoms with Crippen molar-refractivity contribution >= 4 is 23.5 Å². The SMILES string of the molecule is Cc1c(CN2O[C@@H](CN=C(N(C)C)N(C)C)[C@@H]([C@H](C)O)[C@H]2C(=O)N[C@H]2C[C@@H]3C[C@H]([C@@H]2C)C3(C)C)cccc1-c1cc(C(=O)NCCc2ccccc2)cc(N(C)C)c1. The lowest BCUT2D eigenvalue weighted by atomic mass is 9.45. The summed E-state index contributed by atoms with van der Waals surface area (Å²) >= 11 is 0. The largest absolute Gasteiger partial charge is 0.393 e. The van der Waals surface area contributed by atoms with Crippen molar-refractivity contribution in [3.8, 4) is 11.1 Å². The highest BCUT2D eigenvalue weighted by Crippen LogP contribution is 2.61. The van der Waals surface area contributed by atoms with Crippen LogP contribution < -0.4 is 15.5 Å². The van der Waals surface area contributed by atoms with Crippen LogP contribution in [0.4, 0.5) is 5.69 Å². The lowest BCUT2D eigenvalue weighted by Gasteiger charge is -2.62. The van der Waals surface area contributed by atoms with Crippen molar-refractivity contribution in [2.75, 3.05) is 60.3 Å². The van der Waals surface area contributed by atoms with Crippen LogP contribution in [0.5, 0.6) is 0 Å². The van der Waals surface area contributed by atoms with Crippen molar-refractivity contribution in [1.29, 1.82) is 0 Å². The zero-order chi connectivity index (χ0) is 42.1. The molecule has 0 spiro atoms. The molecule has 3 aromatic rings. The number of carbonyl (C=O) groups is 2. The van der Waals surface area contributed by atoms with E-state index in [4.69, 9.17) is 9.83 Å². The minimum atomic E-state index is -0.822. The molecule has 1 aliphatic heterocycles. The van der Waals surface area contributed by atoms with Crippen LogP contribution in [0.3, 0.4) is 0 Å². The molecule has 2 amide bonds. The minimum Gasteiger partial charge on any atom is -0.393 e. The Morgan fingerprint density at radius 2 is 1.69 bits per heavy atom. The number of anilines is 1. The van der Waals surface area contributed by atoms with Crippen molar-refractivity contribution < 1.29 is 19.5 Å². The molecule has 3 N–H and O–H groups in total. The summed E-state index contributed by atoms with van der Waals surface area (Å²) in [4.78, 5) is 45.8. The zero-order valence-electron chi connectivity index (χ0n) is 36.6. The number of hydrogen-bond donors (Lipinski definition) is 3. The van der Waals surface area contributed by atoms with Gasteiger partial charge < -0.3 is 30.4 Å². The van der Waals surface area contributed by atoms with Gasteiger partial charge in [0, 0.05) is 72.0 Å². The first-order chi connectivity index (χ1) is 27.5. The Balaban J connectivity index is 1.29. The van der Waals surface area contributed by atoms with Gasteiger partial charge in [-0.1, -0.05) is 69.3 Å². The van der Waals surface area contributed by atoms with Crippen LogP contribution in [0, 0.1) is 36.0 Å². The fraction of sp³-hybridized carbons (Fsp3) is 0.553. The summed E-state index contributed by atoms with van der Waals surface area (Å²) in [5.41, 5.74) is 6.92. The van der Waals surface area contributed by atoms with Crippen LogP contribution >= 0.6 is 0 Å². The van der Waals surface area contributed by atoms with Gasteiger partial charge in [-0.15, -0.1) is 0 Å². The smallest absolute Gasteiger partial charge is 0.251 e. The Morgan fingerprint density at radius 1 is 0.983 bits per heavy atom. The second-order valence-electron chi connectivity index (χ2n) is 18.2. The molecule has 3 aromatic carbocycles. The molecule has 3 saturated carbocycles. The Kier molecular flexibility index (Phi) is 13.2. The van der Waals surface area contributed by atoms with Crippen LogP contribution in [0.1, 0.15) is 67.6 Å². The van der Waals surface area contributed by atoms with Crippen molar-refractivity contribution in [1.82, 2.24) is 25.5 Å². The monoisotopic (exact) mass is 794 g/mol. The molecule has 11 heteroatoms. The molecule has 11 nitrogen and oxygen atoms in total. The maximum Gasteiger partial charge on any atom is 0.251 e. The number of fused-ring (bicyclic) bond motifs is 2. The average Bonchev–Trinajstić information content (AvgIpc) is 3.54. The molecule has 4 aliphatic rings. The number of hydrogen-bond acceptors (Lipinski definition) is 7. The maximum atomic E-state index is 14.7. The molecular formula is C47H67N7O4. The molecule has 8 atom stereocenters. The predicted molar refractivity (Wildman–Crippen MR) is 234 cm³/mol. The van der Waals surface area contributed by atoms with Crippen molar-refractivity contribution in [3.05, 3.63) is 89.0 Å². The highest BCUT2D eigenvalue weighted by atomic mass is 16.7. The number of aliphatic hydroxyl groups is 1. The molecular weight excluding hydrogens is 727 g/mol. The van der Waals surface area contributed by atoms with Gasteiger partial charge in [0.15, 0.2) is 5.96 Å². The van der Waals surface area contributed by atoms with Gasteiger partial charge >= 0.3 is 0 Å². The van der Waals surface area contributed by atoms with Gasteiger partial charge in [-0.2, -0.15) is 5.06 Å². The van der Waals surface area contributed by atoms with Gasteiger partial charge in [-0.3, -0.25) is 19.4 Å². The molecule has 0 unspecified atom stereocenters. The van der Waals surface area contributed by atoms with Gasteiger partial charge in [0.1, 0.15) is 12.1 Å². The molecule has 1 heterocycles. The summed E-state index contributed by atoms with van der Waals surface area (Å²) in [5.74, 6) is 1.57. The fourth-order valence-electron chi connectivity index (χ4n) is 9.90. The van der Waals surface area contributed by atoms with Crippen LogP contribution in [0.25, 0.3) is 11.1 Å². The molecule has 314 valence electrons. The first-order valence-electron chi connectivity index (χ1n) is 21.0. The number of nitrogens with one attached hydrogen (secondary N) is 2. The molecule has 3 aliphatic carbocycles. The normalized spacial score (nSPS) is 25.3. The molecule has 58 heavy (non-hydrogen) atoms. The third-order valence-electron chi connectivity index (χ3n) is 13.4. The number of hydroxylamine groups is 2. The van der Waals surface area contributed by atoms with Crippen LogP contribution in [-0.4, -0.2) is 117 Å². The number of amides is 2. The molecule has 4 fully saturated rings. The third-order valence-corrected chi connectivity index (χ3v) is 13.4. The highest BCUT2D eigenvalue weighted by Gasteiger charge is 2.57. The van der Waals surface area contributed by atoms with Crippen LogP contribution in [-0.2, 0) is 22.6 Å². The first kappa shape index (κ1) is 43.1. The number of aliphatic imine (C=N–C) groups is 1. The summed E-state index contributed by atoms with van der Waals surface area (Å²) in [5, 5.41) is 19.8. The highest BCUT2D eigenvalue weighted by molar-refractivity contribution is 5.97. The molecule has 7 rings (SSSR count). The van der Waals surface area contributed by atoms with Gasteiger partial charge in [-0.25, -0.2) is 0 Å². The Labute approximate surface area is 346 Å². The van der Waals surface area contributed by atoms with Gasteiger partial charge in [0.25, 0.3) is 5.91 Å². The van der Waals surface area contributed by atoms with E-state index in [1.807, 2.05) is 93.4 Å². The lowest BCUT2D eigenvalue weighted by molar-refractivity contribution is -0.175. The number of aliphatic hydroxyl groups excluding tert-OH is 1. The molecule has 0 radical (unpaired) electrons. The number of nitrogens with zero attached hydrogens (tertiary/aromatic N) is 5. The van der Waals surface area contributed by atoms with E-state index in [1.165, 1.54) is 12.0 Å². The maximum absolute atomic E-state index is 14.7. The van der Waals surface area contributed by atoms with E-state index >= 15 is 0 Å². The Hall–Kier alpha value is -4.45. The van der Waals surface area contributed by atoms with E-state index in [0.717, 1.165) is 46.7 Å².